The van der Waals surface area contributed by atoms with Crippen LogP contribution in [-0.2, 0) is 20.5 Å². The van der Waals surface area contributed by atoms with Gasteiger partial charge in [0.1, 0.15) is 0 Å². The molecule has 0 bridgehead atoms. The van der Waals surface area contributed by atoms with Crippen molar-refractivity contribution < 1.29 is 20.5 Å². The number of hydrogen-bond donors (Lipinski definition) is 0. The SMILES string of the molecule is Cc1ccc2[cH-]c(C)c(C)c2c1C.Cl.Cl.[SiH2]=[Zr]=[SiH2].c1ccc2[cH-]ccc2c1. The van der Waals surface area contributed by atoms with Crippen molar-refractivity contribution in [2.75, 3.05) is 0 Å². The first-order valence-corrected chi connectivity index (χ1v) is 20.4. The van der Waals surface area contributed by atoms with Crippen LogP contribution in [0.5, 0.6) is 0 Å². The zero-order valence-corrected chi connectivity index (χ0v) is 23.4. The van der Waals surface area contributed by atoms with Crippen LogP contribution >= 0.6 is 24.8 Å². The summed E-state index contributed by atoms with van der Waals surface area (Å²) in [6, 6.07) is 21.4. The molecule has 0 atom stereocenters. The largest absolute Gasteiger partial charge is 0.168 e. The molecule has 0 aliphatic carbocycles. The van der Waals surface area contributed by atoms with Gasteiger partial charge in [0.2, 0.25) is 0 Å². The average Bonchev–Trinajstić information content (AvgIpc) is 3.18. The Morgan fingerprint density at radius 1 is 0.778 bits per heavy atom. The molecule has 0 spiro atoms. The first kappa shape index (κ1) is 26.6. The molecule has 0 unspecified atom stereocenters. The van der Waals surface area contributed by atoms with Crippen molar-refractivity contribution in [1.82, 2.24) is 0 Å². The first-order valence-electron chi connectivity index (χ1n) is 8.52. The molecule has 4 rings (SSSR count). The Morgan fingerprint density at radius 2 is 1.41 bits per heavy atom. The number of hydrogen-bond acceptors (Lipinski definition) is 0. The molecular weight excluding hydrogens is 483 g/mol. The summed E-state index contributed by atoms with van der Waals surface area (Å²) in [6.45, 7) is 13.1. The fourth-order valence-electron chi connectivity index (χ4n) is 3.06. The van der Waals surface area contributed by atoms with E-state index in [1.807, 2.05) is 0 Å². The van der Waals surface area contributed by atoms with Gasteiger partial charge in [-0.1, -0.05) is 31.0 Å². The smallest absolute Gasteiger partial charge is 0.0809 e. The topological polar surface area (TPSA) is 0 Å². The van der Waals surface area contributed by atoms with Crippen molar-refractivity contribution >= 4 is 60.1 Å². The molecule has 0 N–H and O–H groups in total. The Bertz CT molecular complexity index is 995. The summed E-state index contributed by atoms with van der Waals surface area (Å²) < 4.78 is 0. The monoisotopic (exact) mass is 508 g/mol. The summed E-state index contributed by atoms with van der Waals surface area (Å²) in [4.78, 5) is 0. The molecule has 0 saturated carbocycles. The third-order valence-corrected chi connectivity index (χ3v) is 4.65. The number of halogens is 2. The van der Waals surface area contributed by atoms with Gasteiger partial charge in [-0.25, -0.2) is 0 Å². The van der Waals surface area contributed by atoms with Crippen LogP contribution in [0.25, 0.3) is 21.5 Å². The summed E-state index contributed by atoms with van der Waals surface area (Å²) in [7, 11) is 0. The van der Waals surface area contributed by atoms with Crippen molar-refractivity contribution in [2.24, 2.45) is 0 Å². The molecule has 144 valence electrons. The van der Waals surface area contributed by atoms with Crippen molar-refractivity contribution in [1.29, 1.82) is 0 Å². The molecular formula is C22H28Cl2Si2Zr-2. The van der Waals surface area contributed by atoms with Gasteiger partial charge >= 0.3 is 34.2 Å². The third kappa shape index (κ3) is 6.83. The maximum atomic E-state index is 2.27. The van der Waals surface area contributed by atoms with Gasteiger partial charge in [-0.05, 0) is 13.8 Å². The molecule has 0 fully saturated rings. The molecule has 0 aromatic heterocycles. The van der Waals surface area contributed by atoms with E-state index < -0.39 is 0 Å². The zero-order chi connectivity index (χ0) is 18.4. The Kier molecular flexibility index (Phi) is 12.7. The fraction of sp³-hybridized carbons (Fsp3) is 0.182. The maximum Gasteiger partial charge on any atom is -0.0809 e. The van der Waals surface area contributed by atoms with Gasteiger partial charge in [-0.3, -0.25) is 0 Å². The van der Waals surface area contributed by atoms with Crippen molar-refractivity contribution in [3.05, 3.63) is 82.9 Å². The maximum absolute atomic E-state index is 2.27. The van der Waals surface area contributed by atoms with Crippen molar-refractivity contribution in [3.8, 4) is 0 Å². The van der Waals surface area contributed by atoms with Crippen LogP contribution in [-0.4, -0.2) is 13.8 Å². The summed E-state index contributed by atoms with van der Waals surface area (Å²) in [5.74, 6) is 0. The van der Waals surface area contributed by atoms with Crippen LogP contribution in [0, 0.1) is 27.7 Å². The molecule has 0 radical (unpaired) electrons. The zero-order valence-electron chi connectivity index (χ0n) is 16.5. The summed E-state index contributed by atoms with van der Waals surface area (Å²) in [6.07, 6.45) is 0. The van der Waals surface area contributed by atoms with E-state index in [1.165, 1.54) is 43.8 Å². The van der Waals surface area contributed by atoms with E-state index in [1.54, 1.807) is 0 Å². The standard InChI is InChI=1S/C13H15.C9H7.2ClH.2H2Si.Zr/c1-8-5-6-12-7-9(2)11(4)13(12)10(8)3;1-2-5-9-7-3-6-8(9)4-1;;;;;/h5-7H,1-4H3;1-7H;2*1H;2*1H2;/q2*-1;;;;;. The van der Waals surface area contributed by atoms with E-state index in [2.05, 4.69) is 102 Å². The van der Waals surface area contributed by atoms with Gasteiger partial charge in [0, 0.05) is 0 Å². The van der Waals surface area contributed by atoms with E-state index in [4.69, 9.17) is 0 Å². The van der Waals surface area contributed by atoms with Gasteiger partial charge in [-0.15, -0.1) is 89.0 Å². The van der Waals surface area contributed by atoms with Gasteiger partial charge in [-0.2, -0.15) is 23.1 Å². The molecule has 0 saturated heterocycles. The van der Waals surface area contributed by atoms with Crippen LogP contribution in [0.1, 0.15) is 22.3 Å². The Labute approximate surface area is 189 Å². The minimum Gasteiger partial charge on any atom is -0.168 e. The second-order valence-electron chi connectivity index (χ2n) is 6.33. The predicted molar refractivity (Wildman–Crippen MR) is 130 cm³/mol. The van der Waals surface area contributed by atoms with Crippen LogP contribution in [0.2, 0.25) is 0 Å². The molecule has 0 nitrogen and oxygen atoms in total. The van der Waals surface area contributed by atoms with Gasteiger partial charge < -0.3 is 0 Å². The van der Waals surface area contributed by atoms with Gasteiger partial charge in [0.15, 0.2) is 0 Å². The van der Waals surface area contributed by atoms with Crippen LogP contribution < -0.4 is 0 Å². The quantitative estimate of drug-likeness (QED) is 0.221. The van der Waals surface area contributed by atoms with E-state index in [-0.39, 0.29) is 45.3 Å². The summed E-state index contributed by atoms with van der Waals surface area (Å²) in [5.41, 5.74) is 5.67. The van der Waals surface area contributed by atoms with E-state index in [0.29, 0.717) is 0 Å². The second-order valence-corrected chi connectivity index (χ2v) is 19.4. The first-order chi connectivity index (χ1) is 12.0. The normalized spacial score (nSPS) is 9.04. The van der Waals surface area contributed by atoms with E-state index in [0.717, 1.165) is 0 Å². The molecule has 0 aliphatic rings. The van der Waals surface area contributed by atoms with E-state index >= 15 is 0 Å². The van der Waals surface area contributed by atoms with Crippen molar-refractivity contribution in [3.63, 3.8) is 0 Å². The molecule has 5 heteroatoms. The number of rotatable bonds is 0. The Morgan fingerprint density at radius 3 is 2.04 bits per heavy atom. The van der Waals surface area contributed by atoms with Crippen molar-refractivity contribution in [2.45, 2.75) is 27.7 Å². The average molecular weight is 511 g/mol. The predicted octanol–water partition coefficient (Wildman–Crippen LogP) is 5.36. The minimum absolute atomic E-state index is 0. The molecule has 0 aliphatic heterocycles. The summed E-state index contributed by atoms with van der Waals surface area (Å²) >= 11 is 0.286. The van der Waals surface area contributed by atoms with Gasteiger partial charge in [0.25, 0.3) is 0 Å². The molecule has 27 heavy (non-hydrogen) atoms. The Hall–Kier alpha value is -0.443. The molecule has 4 aromatic rings. The molecule has 4 aromatic carbocycles. The van der Waals surface area contributed by atoms with Crippen LogP contribution in [0.15, 0.2) is 60.7 Å². The third-order valence-electron chi connectivity index (χ3n) is 4.65. The minimum atomic E-state index is 0. The van der Waals surface area contributed by atoms with E-state index in [9.17, 15) is 0 Å². The number of aryl methyl sites for hydroxylation is 4. The van der Waals surface area contributed by atoms with Gasteiger partial charge in [0.05, 0.1) is 0 Å². The number of fused-ring (bicyclic) bond motifs is 2. The second kappa shape index (κ2) is 12.9. The fourth-order valence-corrected chi connectivity index (χ4v) is 3.06. The number of benzene rings is 2. The molecule has 0 amide bonds. The van der Waals surface area contributed by atoms with Crippen LogP contribution in [0.4, 0.5) is 0 Å². The van der Waals surface area contributed by atoms with Crippen LogP contribution in [0.3, 0.4) is 0 Å². The molecule has 0 heterocycles. The Balaban J connectivity index is 0.000000426. The summed E-state index contributed by atoms with van der Waals surface area (Å²) in [5, 5.41) is 5.51.